The molecule has 2 N–H and O–H groups in total. The predicted octanol–water partition coefficient (Wildman–Crippen LogP) is 1.50. The highest BCUT2D eigenvalue weighted by molar-refractivity contribution is 8.05. The van der Waals surface area contributed by atoms with Crippen molar-refractivity contribution in [3.63, 3.8) is 0 Å². The monoisotopic (exact) mass is 316 g/mol. The van der Waals surface area contributed by atoms with Gasteiger partial charge in [0.2, 0.25) is 4.08 Å². The molecule has 0 fully saturated rings. The van der Waals surface area contributed by atoms with E-state index >= 15 is 0 Å². The van der Waals surface area contributed by atoms with Gasteiger partial charge in [-0.2, -0.15) is 16.8 Å². The third-order valence-corrected chi connectivity index (χ3v) is 6.67. The van der Waals surface area contributed by atoms with Gasteiger partial charge in [-0.1, -0.05) is 42.5 Å². The lowest BCUT2D eigenvalue weighted by molar-refractivity contribution is 0.438. The molecule has 1 aromatic carbocycles. The lowest BCUT2D eigenvalue weighted by Gasteiger charge is -2.27. The molecule has 20 heavy (non-hydrogen) atoms. The summed E-state index contributed by atoms with van der Waals surface area (Å²) in [5.41, 5.74) is 0.983. The van der Waals surface area contributed by atoms with Crippen molar-refractivity contribution < 1.29 is 25.9 Å². The Kier molecular flexibility index (Phi) is 3.59. The first-order valence-electron chi connectivity index (χ1n) is 5.55. The Labute approximate surface area is 116 Å². The fraction of sp³-hybridized carbons (Fsp3) is 0.167. The Bertz CT molecular complexity index is 740. The number of hydrogen-bond acceptors (Lipinski definition) is 4. The molecule has 1 aromatic rings. The first-order chi connectivity index (χ1) is 9.17. The summed E-state index contributed by atoms with van der Waals surface area (Å²) in [6, 6.07) is 8.50. The number of hydrogen-bond donors (Lipinski definition) is 2. The highest BCUT2D eigenvalue weighted by Gasteiger charge is 2.53. The Morgan fingerprint density at radius 3 is 2.00 bits per heavy atom. The van der Waals surface area contributed by atoms with Crippen molar-refractivity contribution >= 4 is 25.8 Å². The van der Waals surface area contributed by atoms with E-state index in [4.69, 9.17) is 0 Å². The Balaban J connectivity index is 2.58. The summed E-state index contributed by atoms with van der Waals surface area (Å²) < 4.78 is 61.6. The second-order valence-corrected chi connectivity index (χ2v) is 7.97. The molecule has 0 aromatic heterocycles. The van der Waals surface area contributed by atoms with Crippen LogP contribution in [0.5, 0.6) is 0 Å². The number of allylic oxidation sites excluding steroid dienone is 3. The third-order valence-electron chi connectivity index (χ3n) is 3.10. The molecule has 108 valence electrons. The minimum atomic E-state index is -5.05. The van der Waals surface area contributed by atoms with Crippen LogP contribution in [-0.2, 0) is 20.2 Å². The predicted molar refractivity (Wildman–Crippen MR) is 74.0 cm³/mol. The van der Waals surface area contributed by atoms with Gasteiger partial charge in [0.1, 0.15) is 0 Å². The standard InChI is InChI=1S/C12H12O6S2/c13-19(14,15)12(20(16,17)18)8-4-7-11(9-12)10-5-2-1-3-6-10/h1-8H,9H2,(H,13,14,15)(H,16,17,18). The summed E-state index contributed by atoms with van der Waals surface area (Å²) >= 11 is 0. The summed E-state index contributed by atoms with van der Waals surface area (Å²) in [6.45, 7) is 0. The molecule has 0 spiro atoms. The number of benzene rings is 1. The normalized spacial score (nSPS) is 18.6. The van der Waals surface area contributed by atoms with Gasteiger partial charge in [0.25, 0.3) is 20.2 Å². The van der Waals surface area contributed by atoms with Gasteiger partial charge in [-0.05, 0) is 17.2 Å². The highest BCUT2D eigenvalue weighted by atomic mass is 32.3. The van der Waals surface area contributed by atoms with Gasteiger partial charge in [-0.25, -0.2) is 0 Å². The van der Waals surface area contributed by atoms with Gasteiger partial charge in [0.15, 0.2) is 0 Å². The lowest BCUT2D eigenvalue weighted by Crippen LogP contribution is -2.45. The maximum atomic E-state index is 11.5. The second kappa shape index (κ2) is 4.81. The van der Waals surface area contributed by atoms with E-state index in [1.54, 1.807) is 30.3 Å². The third kappa shape index (κ3) is 2.42. The van der Waals surface area contributed by atoms with Gasteiger partial charge in [0.05, 0.1) is 0 Å². The zero-order valence-electron chi connectivity index (χ0n) is 10.2. The molecule has 2 rings (SSSR count). The summed E-state index contributed by atoms with van der Waals surface area (Å²) in [5.74, 6) is 0. The molecule has 0 atom stereocenters. The highest BCUT2D eigenvalue weighted by Crippen LogP contribution is 2.38. The first kappa shape index (κ1) is 14.9. The van der Waals surface area contributed by atoms with Gasteiger partial charge in [0, 0.05) is 6.42 Å². The van der Waals surface area contributed by atoms with Crippen molar-refractivity contribution in [2.45, 2.75) is 10.5 Å². The average Bonchev–Trinajstić information content (AvgIpc) is 2.37. The molecule has 1 aliphatic carbocycles. The summed E-state index contributed by atoms with van der Waals surface area (Å²) in [5, 5.41) is 0. The topological polar surface area (TPSA) is 109 Å². The molecule has 8 heteroatoms. The van der Waals surface area contributed by atoms with E-state index in [2.05, 4.69) is 0 Å². The Morgan fingerprint density at radius 2 is 1.50 bits per heavy atom. The van der Waals surface area contributed by atoms with E-state index in [1.165, 1.54) is 12.2 Å². The van der Waals surface area contributed by atoms with Crippen LogP contribution in [0.1, 0.15) is 12.0 Å². The van der Waals surface area contributed by atoms with E-state index in [1.807, 2.05) is 0 Å². The lowest BCUT2D eigenvalue weighted by atomic mass is 9.97. The van der Waals surface area contributed by atoms with Crippen molar-refractivity contribution in [3.05, 3.63) is 54.1 Å². The first-order valence-corrected chi connectivity index (χ1v) is 8.43. The van der Waals surface area contributed by atoms with E-state index in [0.29, 0.717) is 11.1 Å². The van der Waals surface area contributed by atoms with Crippen molar-refractivity contribution in [2.75, 3.05) is 0 Å². The quantitative estimate of drug-likeness (QED) is 0.818. The van der Waals surface area contributed by atoms with Crippen LogP contribution in [0.2, 0.25) is 0 Å². The van der Waals surface area contributed by atoms with Crippen molar-refractivity contribution in [2.24, 2.45) is 0 Å². The van der Waals surface area contributed by atoms with Crippen LogP contribution in [0.25, 0.3) is 5.57 Å². The molecule has 6 nitrogen and oxygen atoms in total. The van der Waals surface area contributed by atoms with E-state index in [9.17, 15) is 25.9 Å². The van der Waals surface area contributed by atoms with Crippen molar-refractivity contribution in [3.8, 4) is 0 Å². The van der Waals surface area contributed by atoms with E-state index in [-0.39, 0.29) is 0 Å². The summed E-state index contributed by atoms with van der Waals surface area (Å²) in [4.78, 5) is 0. The molecule has 0 saturated carbocycles. The molecule has 0 amide bonds. The average molecular weight is 316 g/mol. The molecule has 0 unspecified atom stereocenters. The van der Waals surface area contributed by atoms with Crippen LogP contribution >= 0.6 is 0 Å². The van der Waals surface area contributed by atoms with Gasteiger partial charge < -0.3 is 0 Å². The zero-order chi connectivity index (χ0) is 15.0. The van der Waals surface area contributed by atoms with Crippen molar-refractivity contribution in [1.29, 1.82) is 0 Å². The van der Waals surface area contributed by atoms with Gasteiger partial charge in [-0.3, -0.25) is 9.11 Å². The van der Waals surface area contributed by atoms with Gasteiger partial charge >= 0.3 is 0 Å². The largest absolute Gasteiger partial charge is 0.291 e. The summed E-state index contributed by atoms with van der Waals surface area (Å²) in [6.07, 6.45) is 2.92. The van der Waals surface area contributed by atoms with Crippen LogP contribution in [0.4, 0.5) is 0 Å². The van der Waals surface area contributed by atoms with Crippen LogP contribution in [0, 0.1) is 0 Å². The Morgan fingerprint density at radius 1 is 0.950 bits per heavy atom. The van der Waals surface area contributed by atoms with E-state index in [0.717, 1.165) is 6.08 Å². The van der Waals surface area contributed by atoms with Crippen LogP contribution in [0.3, 0.4) is 0 Å². The van der Waals surface area contributed by atoms with Gasteiger partial charge in [-0.15, -0.1) is 0 Å². The molecule has 0 aliphatic heterocycles. The molecule has 0 saturated heterocycles. The van der Waals surface area contributed by atoms with E-state index < -0.39 is 30.7 Å². The Hall–Kier alpha value is -1.48. The molecule has 0 bridgehead atoms. The van der Waals surface area contributed by atoms with Crippen LogP contribution in [0.15, 0.2) is 48.6 Å². The zero-order valence-corrected chi connectivity index (χ0v) is 11.8. The SMILES string of the molecule is O=S(=O)(O)C1(S(=O)(=O)O)C=CC=C(c2ccccc2)C1. The summed E-state index contributed by atoms with van der Waals surface area (Å²) in [7, 11) is -10.1. The number of rotatable bonds is 3. The fourth-order valence-corrected chi connectivity index (χ4v) is 4.27. The second-order valence-electron chi connectivity index (χ2n) is 4.36. The minimum absolute atomic E-state index is 0.378. The van der Waals surface area contributed by atoms with Crippen molar-refractivity contribution in [1.82, 2.24) is 0 Å². The smallest absolute Gasteiger partial charge is 0.284 e. The molecule has 0 heterocycles. The van der Waals surface area contributed by atoms with Crippen LogP contribution < -0.4 is 0 Å². The fourth-order valence-electron chi connectivity index (χ4n) is 2.03. The molecular weight excluding hydrogens is 304 g/mol. The van der Waals surface area contributed by atoms with Crippen LogP contribution in [-0.4, -0.2) is 30.0 Å². The maximum Gasteiger partial charge on any atom is 0.291 e. The molecule has 0 radical (unpaired) electrons. The molecule has 1 aliphatic rings. The maximum absolute atomic E-state index is 11.5. The molecular formula is C12H12O6S2. The minimum Gasteiger partial charge on any atom is -0.284 e.